The summed E-state index contributed by atoms with van der Waals surface area (Å²) in [6, 6.07) is 18.8. The van der Waals surface area contributed by atoms with Gasteiger partial charge in [0.1, 0.15) is 0 Å². The van der Waals surface area contributed by atoms with Crippen molar-refractivity contribution in [1.29, 1.82) is 0 Å². The molecule has 2 rings (SSSR count). The zero-order chi connectivity index (χ0) is 11.9. The molecule has 0 aromatic heterocycles. The Kier molecular flexibility index (Phi) is 3.76. The van der Waals surface area contributed by atoms with Crippen molar-refractivity contribution in [3.05, 3.63) is 66.2 Å². The maximum atomic E-state index is 11.5. The molecule has 0 aliphatic carbocycles. The monoisotopic (exact) mass is 227 g/mol. The molecule has 3 nitrogen and oxygen atoms in total. The summed E-state index contributed by atoms with van der Waals surface area (Å²) in [5.74, 6) is -0.306. The van der Waals surface area contributed by atoms with Gasteiger partial charge in [0.2, 0.25) is 0 Å². The summed E-state index contributed by atoms with van der Waals surface area (Å²) >= 11 is 0. The quantitative estimate of drug-likeness (QED) is 0.816. The Hall–Kier alpha value is -2.29. The molecule has 0 saturated heterocycles. The number of carbonyl (C=O) groups excluding carboxylic acids is 1. The van der Waals surface area contributed by atoms with Gasteiger partial charge in [0.25, 0.3) is 0 Å². The van der Waals surface area contributed by atoms with Gasteiger partial charge in [-0.2, -0.15) is 0 Å². The summed E-state index contributed by atoms with van der Waals surface area (Å²) in [6.07, 6.45) is 0.265. The molecule has 86 valence electrons. The van der Waals surface area contributed by atoms with Gasteiger partial charge in [-0.15, -0.1) is 0 Å². The first-order chi connectivity index (χ1) is 8.34. The second-order valence-electron chi connectivity index (χ2n) is 3.60. The summed E-state index contributed by atoms with van der Waals surface area (Å²) in [4.78, 5) is 16.4. The number of hydrogen-bond donors (Lipinski definition) is 1. The van der Waals surface area contributed by atoms with Crippen molar-refractivity contribution in [3.8, 4) is 0 Å². The van der Waals surface area contributed by atoms with Gasteiger partial charge < -0.3 is 4.84 Å². The summed E-state index contributed by atoms with van der Waals surface area (Å²) in [5, 5.41) is 0. The zero-order valence-electron chi connectivity index (χ0n) is 9.30. The van der Waals surface area contributed by atoms with Crippen molar-refractivity contribution in [1.82, 2.24) is 0 Å². The number of carbonyl (C=O) groups is 1. The Bertz CT molecular complexity index is 468. The normalized spacial score (nSPS) is 9.65. The molecule has 0 heterocycles. The molecule has 0 aliphatic rings. The second kappa shape index (κ2) is 5.70. The van der Waals surface area contributed by atoms with Gasteiger partial charge in [0.05, 0.1) is 12.1 Å². The average Bonchev–Trinajstić information content (AvgIpc) is 2.39. The van der Waals surface area contributed by atoms with Gasteiger partial charge in [-0.1, -0.05) is 48.5 Å². The van der Waals surface area contributed by atoms with E-state index in [2.05, 4.69) is 5.48 Å². The molecule has 0 radical (unpaired) electrons. The molecule has 0 amide bonds. The molecule has 3 heteroatoms. The SMILES string of the molecule is O=C(Cc1ccccc1)ONc1ccccc1. The largest absolute Gasteiger partial charge is 0.343 e. The summed E-state index contributed by atoms with van der Waals surface area (Å²) in [6.45, 7) is 0. The fourth-order valence-corrected chi connectivity index (χ4v) is 1.42. The van der Waals surface area contributed by atoms with E-state index in [4.69, 9.17) is 4.84 Å². The average molecular weight is 227 g/mol. The minimum absolute atomic E-state index is 0.265. The third kappa shape index (κ3) is 3.65. The lowest BCUT2D eigenvalue weighted by molar-refractivity contribution is -0.139. The standard InChI is InChI=1S/C14H13NO2/c16-14(11-12-7-3-1-4-8-12)17-15-13-9-5-2-6-10-13/h1-10,15H,11H2. The van der Waals surface area contributed by atoms with Crippen molar-refractivity contribution in [3.63, 3.8) is 0 Å². The number of nitrogens with one attached hydrogen (secondary N) is 1. The molecular formula is C14H13NO2. The van der Waals surface area contributed by atoms with Gasteiger partial charge in [0, 0.05) is 0 Å². The molecule has 0 fully saturated rings. The van der Waals surface area contributed by atoms with Gasteiger partial charge >= 0.3 is 5.97 Å². The number of benzene rings is 2. The number of hydrogen-bond acceptors (Lipinski definition) is 3. The van der Waals surface area contributed by atoms with Gasteiger partial charge in [-0.3, -0.25) is 0 Å². The van der Waals surface area contributed by atoms with Gasteiger partial charge in [-0.25, -0.2) is 10.3 Å². The predicted molar refractivity (Wildman–Crippen MR) is 66.3 cm³/mol. The van der Waals surface area contributed by atoms with Crippen LogP contribution >= 0.6 is 0 Å². The van der Waals surface area contributed by atoms with Crippen molar-refractivity contribution >= 4 is 11.7 Å². The van der Waals surface area contributed by atoms with Crippen molar-refractivity contribution < 1.29 is 9.63 Å². The maximum Gasteiger partial charge on any atom is 0.336 e. The molecule has 0 atom stereocenters. The van der Waals surface area contributed by atoms with Crippen molar-refractivity contribution in [2.75, 3.05) is 5.48 Å². The van der Waals surface area contributed by atoms with E-state index in [0.29, 0.717) is 0 Å². The smallest absolute Gasteiger partial charge is 0.336 e. The molecule has 2 aromatic rings. The predicted octanol–water partition coefficient (Wildman–Crippen LogP) is 2.80. The lowest BCUT2D eigenvalue weighted by Gasteiger charge is -2.06. The minimum atomic E-state index is -0.306. The fraction of sp³-hybridized carbons (Fsp3) is 0.0714. The van der Waals surface area contributed by atoms with Crippen molar-refractivity contribution in [2.45, 2.75) is 6.42 Å². The topological polar surface area (TPSA) is 38.3 Å². The summed E-state index contributed by atoms with van der Waals surface area (Å²) < 4.78 is 0. The Morgan fingerprint density at radius 3 is 2.18 bits per heavy atom. The van der Waals surface area contributed by atoms with Crippen LogP contribution in [0.2, 0.25) is 0 Å². The van der Waals surface area contributed by atoms with Gasteiger partial charge in [-0.05, 0) is 17.7 Å². The molecule has 0 bridgehead atoms. The molecule has 0 aliphatic heterocycles. The first-order valence-corrected chi connectivity index (χ1v) is 5.39. The van der Waals surface area contributed by atoms with Crippen LogP contribution in [0.25, 0.3) is 0 Å². The summed E-state index contributed by atoms with van der Waals surface area (Å²) in [5.41, 5.74) is 4.31. The fourth-order valence-electron chi connectivity index (χ4n) is 1.42. The number of rotatable bonds is 4. The number of anilines is 1. The third-order valence-electron chi connectivity index (χ3n) is 2.25. The molecule has 0 unspecified atom stereocenters. The van der Waals surface area contributed by atoms with Crippen LogP contribution in [0.4, 0.5) is 5.69 Å². The highest BCUT2D eigenvalue weighted by Crippen LogP contribution is 2.06. The molecule has 2 aromatic carbocycles. The van der Waals surface area contributed by atoms with Crippen LogP contribution in [-0.4, -0.2) is 5.97 Å². The van der Waals surface area contributed by atoms with E-state index >= 15 is 0 Å². The molecular weight excluding hydrogens is 214 g/mol. The van der Waals surface area contributed by atoms with Crippen LogP contribution in [0.1, 0.15) is 5.56 Å². The first-order valence-electron chi connectivity index (χ1n) is 5.39. The Balaban J connectivity index is 1.83. The van der Waals surface area contributed by atoms with E-state index in [1.165, 1.54) is 0 Å². The zero-order valence-corrected chi connectivity index (χ0v) is 9.30. The van der Waals surface area contributed by atoms with E-state index in [0.717, 1.165) is 11.3 Å². The molecule has 1 N–H and O–H groups in total. The van der Waals surface area contributed by atoms with E-state index in [1.807, 2.05) is 60.7 Å². The molecule has 0 spiro atoms. The number of para-hydroxylation sites is 1. The maximum absolute atomic E-state index is 11.5. The van der Waals surface area contributed by atoms with Crippen molar-refractivity contribution in [2.24, 2.45) is 0 Å². The van der Waals surface area contributed by atoms with Crippen LogP contribution in [0.15, 0.2) is 60.7 Å². The Labute approximate surface area is 100.0 Å². The van der Waals surface area contributed by atoms with E-state index in [1.54, 1.807) is 0 Å². The second-order valence-corrected chi connectivity index (χ2v) is 3.60. The Morgan fingerprint density at radius 2 is 1.53 bits per heavy atom. The van der Waals surface area contributed by atoms with Gasteiger partial charge in [0.15, 0.2) is 0 Å². The summed E-state index contributed by atoms with van der Waals surface area (Å²) in [7, 11) is 0. The van der Waals surface area contributed by atoms with Crippen LogP contribution in [0, 0.1) is 0 Å². The van der Waals surface area contributed by atoms with Crippen LogP contribution in [-0.2, 0) is 16.1 Å². The van der Waals surface area contributed by atoms with E-state index in [-0.39, 0.29) is 12.4 Å². The highest BCUT2D eigenvalue weighted by atomic mass is 16.7. The first kappa shape index (κ1) is 11.2. The van der Waals surface area contributed by atoms with E-state index < -0.39 is 0 Å². The van der Waals surface area contributed by atoms with Crippen LogP contribution in [0.3, 0.4) is 0 Å². The Morgan fingerprint density at radius 1 is 0.941 bits per heavy atom. The minimum Gasteiger partial charge on any atom is -0.343 e. The third-order valence-corrected chi connectivity index (χ3v) is 2.25. The van der Waals surface area contributed by atoms with Crippen LogP contribution in [0.5, 0.6) is 0 Å². The van der Waals surface area contributed by atoms with Crippen LogP contribution < -0.4 is 5.48 Å². The lowest BCUT2D eigenvalue weighted by Crippen LogP contribution is -2.12. The molecule has 0 saturated carbocycles. The van der Waals surface area contributed by atoms with E-state index in [9.17, 15) is 4.79 Å². The molecule has 17 heavy (non-hydrogen) atoms. The highest BCUT2D eigenvalue weighted by molar-refractivity contribution is 5.73. The highest BCUT2D eigenvalue weighted by Gasteiger charge is 2.04. The lowest BCUT2D eigenvalue weighted by atomic mass is 10.2.